The van der Waals surface area contributed by atoms with E-state index in [9.17, 15) is 4.79 Å². The largest absolute Gasteiger partial charge is 0.453 e. The van der Waals surface area contributed by atoms with E-state index >= 15 is 0 Å². The van der Waals surface area contributed by atoms with E-state index in [1.165, 1.54) is 7.11 Å². The van der Waals surface area contributed by atoms with Crippen LogP contribution in [0.3, 0.4) is 0 Å². The summed E-state index contributed by atoms with van der Waals surface area (Å²) in [6, 6.07) is 0. The Morgan fingerprint density at radius 3 is 2.38 bits per heavy atom. The molecule has 1 atom stereocenters. The van der Waals surface area contributed by atoms with Gasteiger partial charge in [-0.1, -0.05) is 13.3 Å². The van der Waals surface area contributed by atoms with Crippen LogP contribution < -0.4 is 5.32 Å². The van der Waals surface area contributed by atoms with Crippen LogP contribution in [-0.2, 0) is 13.6 Å². The monoisotopic (exact) mass is 248 g/mol. The summed E-state index contributed by atoms with van der Waals surface area (Å²) in [7, 11) is 3.62. The number of amides is 1. The minimum atomic E-state index is -1.12. The first-order chi connectivity index (χ1) is 7.65. The third kappa shape index (κ3) is 6.81. The molecular weight excluding hydrogens is 226 g/mol. The van der Waals surface area contributed by atoms with Crippen LogP contribution in [0, 0.1) is 0 Å². The maximum atomic E-state index is 10.7. The van der Waals surface area contributed by atoms with E-state index in [2.05, 4.69) is 17.0 Å². The molecule has 5 nitrogen and oxygen atoms in total. The Morgan fingerprint density at radius 1 is 1.25 bits per heavy atom. The smallest absolute Gasteiger partial charge is 0.406 e. The Kier molecular flexibility index (Phi) is 9.26. The second kappa shape index (κ2) is 9.62. The lowest BCUT2D eigenvalue weighted by molar-refractivity contribution is 0.171. The van der Waals surface area contributed by atoms with Crippen molar-refractivity contribution in [2.75, 3.05) is 27.9 Å². The zero-order valence-electron chi connectivity index (χ0n) is 10.5. The van der Waals surface area contributed by atoms with Crippen LogP contribution in [0.2, 0.25) is 5.54 Å². The van der Waals surface area contributed by atoms with E-state index in [4.69, 9.17) is 8.85 Å². The summed E-state index contributed by atoms with van der Waals surface area (Å²) in [6.07, 6.45) is 2.68. The highest BCUT2D eigenvalue weighted by molar-refractivity contribution is 6.46. The van der Waals surface area contributed by atoms with Crippen molar-refractivity contribution in [3.05, 3.63) is 0 Å². The number of nitrogens with one attached hydrogen (secondary N) is 1. The minimum absolute atomic E-state index is 0.369. The van der Waals surface area contributed by atoms with E-state index in [0.29, 0.717) is 12.1 Å². The number of hydrogen-bond donors (Lipinski definition) is 1. The summed E-state index contributed by atoms with van der Waals surface area (Å²) in [5, 5.41) is 2.65. The topological polar surface area (TPSA) is 56.8 Å². The molecule has 0 aromatic carbocycles. The molecule has 95 valence electrons. The first-order valence-corrected chi connectivity index (χ1v) is 6.81. The molecule has 1 radical (unpaired) electrons. The molecule has 0 aliphatic rings. The molecule has 0 rings (SSSR count). The predicted octanol–water partition coefficient (Wildman–Crippen LogP) is 1.68. The van der Waals surface area contributed by atoms with E-state index in [1.54, 1.807) is 14.2 Å². The summed E-state index contributed by atoms with van der Waals surface area (Å²) < 4.78 is 15.0. The van der Waals surface area contributed by atoms with Gasteiger partial charge in [-0.25, -0.2) is 4.79 Å². The van der Waals surface area contributed by atoms with Crippen molar-refractivity contribution in [3.8, 4) is 0 Å². The number of carbonyl (C=O) groups excluding carboxylic acids is 1. The van der Waals surface area contributed by atoms with Gasteiger partial charge in [0.05, 0.1) is 7.11 Å². The molecule has 0 heterocycles. The summed E-state index contributed by atoms with van der Waals surface area (Å²) in [5.74, 6) is 0. The first kappa shape index (κ1) is 15.4. The van der Waals surface area contributed by atoms with Crippen molar-refractivity contribution >= 4 is 15.4 Å². The molecule has 0 aromatic heterocycles. The van der Waals surface area contributed by atoms with Gasteiger partial charge in [-0.05, 0) is 12.8 Å². The molecule has 1 unspecified atom stereocenters. The highest BCUT2D eigenvalue weighted by atomic mass is 28.3. The van der Waals surface area contributed by atoms with Crippen LogP contribution in [0.15, 0.2) is 0 Å². The van der Waals surface area contributed by atoms with Crippen LogP contribution >= 0.6 is 0 Å². The lowest BCUT2D eigenvalue weighted by Gasteiger charge is -2.16. The van der Waals surface area contributed by atoms with Gasteiger partial charge in [0, 0.05) is 26.3 Å². The van der Waals surface area contributed by atoms with Gasteiger partial charge in [0.2, 0.25) is 0 Å². The molecule has 0 aliphatic carbocycles. The molecule has 0 saturated carbocycles. The van der Waals surface area contributed by atoms with Crippen LogP contribution in [-0.4, -0.2) is 43.3 Å². The van der Waals surface area contributed by atoms with Gasteiger partial charge in [-0.3, -0.25) is 0 Å². The molecule has 1 N–H and O–H groups in total. The molecule has 0 bridgehead atoms. The summed E-state index contributed by atoms with van der Waals surface area (Å²) in [4.78, 5) is 10.7. The molecule has 0 aliphatic heterocycles. The van der Waals surface area contributed by atoms with E-state index in [-0.39, 0.29) is 6.09 Å². The van der Waals surface area contributed by atoms with Gasteiger partial charge in [0.1, 0.15) is 0 Å². The lowest BCUT2D eigenvalue weighted by Crippen LogP contribution is -2.25. The Balaban J connectivity index is 3.47. The third-order valence-corrected chi connectivity index (χ3v) is 4.22. The first-order valence-electron chi connectivity index (χ1n) is 5.42. The average molecular weight is 248 g/mol. The van der Waals surface area contributed by atoms with Crippen LogP contribution in [0.25, 0.3) is 0 Å². The molecular formula is C10H22NO4Si. The van der Waals surface area contributed by atoms with Crippen molar-refractivity contribution in [2.45, 2.75) is 31.7 Å². The van der Waals surface area contributed by atoms with Gasteiger partial charge in [-0.15, -0.1) is 0 Å². The Morgan fingerprint density at radius 2 is 1.88 bits per heavy atom. The highest BCUT2D eigenvalue weighted by Gasteiger charge is 2.20. The van der Waals surface area contributed by atoms with E-state index in [1.807, 2.05) is 0 Å². The maximum Gasteiger partial charge on any atom is 0.406 e. The summed E-state index contributed by atoms with van der Waals surface area (Å²) >= 11 is 0. The van der Waals surface area contributed by atoms with Gasteiger partial charge in [-0.2, -0.15) is 0 Å². The number of ether oxygens (including phenoxy) is 1. The number of hydrogen-bond acceptors (Lipinski definition) is 4. The highest BCUT2D eigenvalue weighted by Crippen LogP contribution is 2.18. The fourth-order valence-electron chi connectivity index (χ4n) is 1.44. The van der Waals surface area contributed by atoms with Crippen molar-refractivity contribution in [2.24, 2.45) is 0 Å². The standard InChI is InChI=1S/C10H22NO4Si/c1-9(16(14-3)15-4)7-5-6-8-11-10(12)13-2/h9H,5-8H2,1-4H3,(H,11,12). The molecule has 0 saturated heterocycles. The zero-order valence-corrected chi connectivity index (χ0v) is 11.5. The number of rotatable bonds is 8. The van der Waals surface area contributed by atoms with Crippen LogP contribution in [0.4, 0.5) is 4.79 Å². The molecule has 16 heavy (non-hydrogen) atoms. The maximum absolute atomic E-state index is 10.7. The Bertz CT molecular complexity index is 188. The zero-order chi connectivity index (χ0) is 12.4. The predicted molar refractivity (Wildman–Crippen MR) is 63.5 cm³/mol. The second-order valence-electron chi connectivity index (χ2n) is 3.54. The van der Waals surface area contributed by atoms with Gasteiger partial charge >= 0.3 is 15.4 Å². The van der Waals surface area contributed by atoms with Crippen LogP contribution in [0.5, 0.6) is 0 Å². The second-order valence-corrected chi connectivity index (χ2v) is 5.98. The third-order valence-electron chi connectivity index (χ3n) is 2.32. The van der Waals surface area contributed by atoms with Gasteiger partial charge in [0.15, 0.2) is 0 Å². The van der Waals surface area contributed by atoms with Crippen molar-refractivity contribution < 1.29 is 18.4 Å². The van der Waals surface area contributed by atoms with Crippen molar-refractivity contribution in [1.82, 2.24) is 5.32 Å². The molecule has 0 spiro atoms. The Labute approximate surface area is 99.3 Å². The number of methoxy groups -OCH3 is 1. The Hall–Kier alpha value is -0.593. The summed E-state index contributed by atoms with van der Waals surface area (Å²) in [6.45, 7) is 2.79. The van der Waals surface area contributed by atoms with E-state index < -0.39 is 9.28 Å². The SMILES string of the molecule is COC(=O)NCCCCC(C)[Si](OC)OC. The van der Waals surface area contributed by atoms with E-state index in [0.717, 1.165) is 19.3 Å². The molecule has 1 amide bonds. The number of unbranched alkanes of at least 4 members (excludes halogenated alkanes) is 1. The average Bonchev–Trinajstić information content (AvgIpc) is 2.29. The van der Waals surface area contributed by atoms with Crippen molar-refractivity contribution in [3.63, 3.8) is 0 Å². The van der Waals surface area contributed by atoms with Gasteiger partial charge < -0.3 is 18.9 Å². The normalized spacial score (nSPS) is 12.6. The fourth-order valence-corrected chi connectivity index (χ4v) is 2.85. The number of alkyl carbamates (subject to hydrolysis) is 1. The lowest BCUT2D eigenvalue weighted by atomic mass is 10.2. The quantitative estimate of drug-likeness (QED) is 0.524. The summed E-state index contributed by atoms with van der Waals surface area (Å²) in [5.41, 5.74) is 0.457. The van der Waals surface area contributed by atoms with Crippen molar-refractivity contribution in [1.29, 1.82) is 0 Å². The molecule has 0 aromatic rings. The van der Waals surface area contributed by atoms with Crippen LogP contribution in [0.1, 0.15) is 26.2 Å². The fraction of sp³-hybridized carbons (Fsp3) is 0.900. The molecule has 0 fully saturated rings. The number of carbonyl (C=O) groups is 1. The molecule has 6 heteroatoms. The minimum Gasteiger partial charge on any atom is -0.453 e. The van der Waals surface area contributed by atoms with Gasteiger partial charge in [0.25, 0.3) is 0 Å².